The molecule has 4 heteroatoms. The van der Waals surface area contributed by atoms with Crippen LogP contribution >= 0.6 is 0 Å². The summed E-state index contributed by atoms with van der Waals surface area (Å²) in [6.07, 6.45) is 1.02. The van der Waals surface area contributed by atoms with Crippen LogP contribution in [0.4, 0.5) is 5.69 Å². The highest BCUT2D eigenvalue weighted by Gasteiger charge is 1.99. The molecule has 0 radical (unpaired) electrons. The van der Waals surface area contributed by atoms with Crippen molar-refractivity contribution in [1.82, 2.24) is 5.32 Å². The summed E-state index contributed by atoms with van der Waals surface area (Å²) < 4.78 is 0. The van der Waals surface area contributed by atoms with Gasteiger partial charge in [-0.15, -0.1) is 0 Å². The van der Waals surface area contributed by atoms with E-state index in [4.69, 9.17) is 0 Å². The molecule has 0 bridgehead atoms. The monoisotopic (exact) mass is 190 g/mol. The van der Waals surface area contributed by atoms with Crippen molar-refractivity contribution in [2.45, 2.75) is 6.32 Å². The van der Waals surface area contributed by atoms with Gasteiger partial charge in [0, 0.05) is 5.69 Å². The maximum Gasteiger partial charge on any atom is 0.238 e. The van der Waals surface area contributed by atoms with Gasteiger partial charge in [-0.2, -0.15) is 0 Å². The number of carbonyl (C=O) groups excluding carboxylic acids is 1. The number of carbonyl (C=O) groups is 1. The van der Waals surface area contributed by atoms with Gasteiger partial charge in [0.15, 0.2) is 0 Å². The van der Waals surface area contributed by atoms with Crippen LogP contribution in [0.1, 0.15) is 5.56 Å². The van der Waals surface area contributed by atoms with Crippen molar-refractivity contribution in [3.63, 3.8) is 0 Å². The van der Waals surface area contributed by atoms with Crippen molar-refractivity contribution in [2.24, 2.45) is 0 Å². The lowest BCUT2D eigenvalue weighted by molar-refractivity contribution is -0.115. The van der Waals surface area contributed by atoms with Crippen molar-refractivity contribution in [3.05, 3.63) is 29.8 Å². The molecule has 0 unspecified atom stereocenters. The molecule has 0 aliphatic heterocycles. The zero-order valence-electron chi connectivity index (χ0n) is 8.63. The zero-order chi connectivity index (χ0) is 10.4. The molecule has 1 amide bonds. The highest BCUT2D eigenvalue weighted by Crippen LogP contribution is 2.08. The normalized spacial score (nSPS) is 9.79. The first kappa shape index (κ1) is 10.8. The van der Waals surface area contributed by atoms with Gasteiger partial charge in [0.05, 0.1) is 6.54 Å². The van der Waals surface area contributed by atoms with Gasteiger partial charge in [0.25, 0.3) is 0 Å². The average Bonchev–Trinajstić information content (AvgIpc) is 2.19. The Hall–Kier alpha value is -1.29. The molecule has 0 fully saturated rings. The third-order valence-electron chi connectivity index (χ3n) is 1.98. The Bertz CT molecular complexity index is 297. The van der Waals surface area contributed by atoms with Crippen molar-refractivity contribution in [2.75, 3.05) is 18.9 Å². The van der Waals surface area contributed by atoms with E-state index >= 15 is 0 Å². The molecular formula is C10H15BN2O. The maximum absolute atomic E-state index is 11.2. The molecule has 1 aromatic carbocycles. The standard InChI is InChI=1S/C10H15BN2O/c1-12-7-10(14)13-9-4-2-8(6-11)3-5-9/h2-5,12H,6-7,11H2,1H3,(H,13,14). The fourth-order valence-electron chi connectivity index (χ4n) is 1.19. The van der Waals surface area contributed by atoms with E-state index in [1.165, 1.54) is 5.56 Å². The number of hydrogen-bond acceptors (Lipinski definition) is 2. The van der Waals surface area contributed by atoms with Gasteiger partial charge in [0.1, 0.15) is 7.85 Å². The van der Waals surface area contributed by atoms with E-state index in [0.717, 1.165) is 12.0 Å². The topological polar surface area (TPSA) is 41.1 Å². The molecule has 0 atom stereocenters. The number of rotatable bonds is 4. The molecule has 2 N–H and O–H groups in total. The molecule has 0 heterocycles. The minimum Gasteiger partial charge on any atom is -0.325 e. The lowest BCUT2D eigenvalue weighted by Crippen LogP contribution is -2.24. The summed E-state index contributed by atoms with van der Waals surface area (Å²) in [6.45, 7) is 0.343. The van der Waals surface area contributed by atoms with Gasteiger partial charge in [-0.3, -0.25) is 4.79 Å². The van der Waals surface area contributed by atoms with Crippen LogP contribution in [-0.4, -0.2) is 27.3 Å². The average molecular weight is 190 g/mol. The molecule has 0 saturated heterocycles. The van der Waals surface area contributed by atoms with Crippen LogP contribution in [0.2, 0.25) is 0 Å². The van der Waals surface area contributed by atoms with Crippen LogP contribution in [0, 0.1) is 0 Å². The molecule has 0 aliphatic carbocycles. The summed E-state index contributed by atoms with van der Waals surface area (Å²) >= 11 is 0. The van der Waals surface area contributed by atoms with E-state index in [-0.39, 0.29) is 5.91 Å². The molecule has 1 aromatic rings. The zero-order valence-corrected chi connectivity index (χ0v) is 8.63. The minimum atomic E-state index is -0.0169. The van der Waals surface area contributed by atoms with E-state index < -0.39 is 0 Å². The van der Waals surface area contributed by atoms with Gasteiger partial charge in [-0.25, -0.2) is 0 Å². The second-order valence-corrected chi connectivity index (χ2v) is 3.13. The molecule has 0 aromatic heterocycles. The first-order chi connectivity index (χ1) is 6.76. The summed E-state index contributed by atoms with van der Waals surface area (Å²) in [7, 11) is 3.86. The Morgan fingerprint density at radius 1 is 1.36 bits per heavy atom. The Kier molecular flexibility index (Phi) is 4.20. The van der Waals surface area contributed by atoms with Gasteiger partial charge >= 0.3 is 0 Å². The predicted molar refractivity (Wildman–Crippen MR) is 61.2 cm³/mol. The van der Waals surface area contributed by atoms with Gasteiger partial charge < -0.3 is 10.6 Å². The van der Waals surface area contributed by atoms with Gasteiger partial charge in [0.2, 0.25) is 5.91 Å². The molecule has 74 valence electrons. The Morgan fingerprint density at radius 3 is 2.50 bits per heavy atom. The fraction of sp³-hybridized carbons (Fsp3) is 0.300. The first-order valence-electron chi connectivity index (χ1n) is 4.79. The molecule has 14 heavy (non-hydrogen) atoms. The largest absolute Gasteiger partial charge is 0.325 e. The van der Waals surface area contributed by atoms with Crippen LogP contribution in [-0.2, 0) is 11.1 Å². The molecule has 3 nitrogen and oxygen atoms in total. The van der Waals surface area contributed by atoms with Crippen LogP contribution < -0.4 is 10.6 Å². The maximum atomic E-state index is 11.2. The molecule has 0 aliphatic rings. The predicted octanol–water partition coefficient (Wildman–Crippen LogP) is -0.0224. The summed E-state index contributed by atoms with van der Waals surface area (Å²) in [4.78, 5) is 11.2. The van der Waals surface area contributed by atoms with Crippen molar-refractivity contribution >= 4 is 19.4 Å². The van der Waals surface area contributed by atoms with E-state index in [2.05, 4.69) is 18.5 Å². The fourth-order valence-corrected chi connectivity index (χ4v) is 1.19. The molecular weight excluding hydrogens is 175 g/mol. The van der Waals surface area contributed by atoms with E-state index in [1.807, 2.05) is 24.3 Å². The molecule has 0 saturated carbocycles. The van der Waals surface area contributed by atoms with E-state index in [1.54, 1.807) is 7.05 Å². The highest BCUT2D eigenvalue weighted by atomic mass is 16.1. The van der Waals surface area contributed by atoms with E-state index in [0.29, 0.717) is 6.54 Å². The third kappa shape index (κ3) is 3.22. The number of benzene rings is 1. The van der Waals surface area contributed by atoms with Crippen molar-refractivity contribution in [3.8, 4) is 0 Å². The number of likely N-dealkylation sites (N-methyl/N-ethyl adjacent to an activating group) is 1. The SMILES string of the molecule is BCc1ccc(NC(=O)CNC)cc1. The highest BCUT2D eigenvalue weighted by molar-refractivity contribution is 6.08. The minimum absolute atomic E-state index is 0.0169. The second-order valence-electron chi connectivity index (χ2n) is 3.13. The van der Waals surface area contributed by atoms with E-state index in [9.17, 15) is 4.79 Å². The Morgan fingerprint density at radius 2 is 2.00 bits per heavy atom. The van der Waals surface area contributed by atoms with Gasteiger partial charge in [-0.05, 0) is 19.2 Å². The summed E-state index contributed by atoms with van der Waals surface area (Å²) in [5.41, 5.74) is 2.12. The van der Waals surface area contributed by atoms with Crippen LogP contribution in [0.3, 0.4) is 0 Å². The summed E-state index contributed by atoms with van der Waals surface area (Å²) in [5, 5.41) is 5.59. The Balaban J connectivity index is 2.55. The number of amides is 1. The third-order valence-corrected chi connectivity index (χ3v) is 1.98. The molecule has 1 rings (SSSR count). The second kappa shape index (κ2) is 5.45. The quantitative estimate of drug-likeness (QED) is 0.655. The van der Waals surface area contributed by atoms with Crippen LogP contribution in [0.15, 0.2) is 24.3 Å². The number of anilines is 1. The lowest BCUT2D eigenvalue weighted by Gasteiger charge is -2.05. The van der Waals surface area contributed by atoms with Crippen molar-refractivity contribution in [1.29, 1.82) is 0 Å². The van der Waals surface area contributed by atoms with Crippen LogP contribution in [0.5, 0.6) is 0 Å². The lowest BCUT2D eigenvalue weighted by atomic mass is 9.97. The smallest absolute Gasteiger partial charge is 0.238 e. The Labute approximate surface area is 85.3 Å². The van der Waals surface area contributed by atoms with Gasteiger partial charge in [-0.1, -0.05) is 24.0 Å². The van der Waals surface area contributed by atoms with Crippen molar-refractivity contribution < 1.29 is 4.79 Å². The summed E-state index contributed by atoms with van der Waals surface area (Å²) in [6, 6.07) is 7.89. The number of hydrogen-bond donors (Lipinski definition) is 2. The molecule has 0 spiro atoms. The number of nitrogens with one attached hydrogen (secondary N) is 2. The summed E-state index contributed by atoms with van der Waals surface area (Å²) in [5.74, 6) is -0.0169. The van der Waals surface area contributed by atoms with Crippen LogP contribution in [0.25, 0.3) is 0 Å². The first-order valence-corrected chi connectivity index (χ1v) is 4.79.